The summed E-state index contributed by atoms with van der Waals surface area (Å²) in [7, 11) is 0. The highest BCUT2D eigenvalue weighted by molar-refractivity contribution is 9.10. The Labute approximate surface area is 99.6 Å². The minimum absolute atomic E-state index is 0.292. The van der Waals surface area contributed by atoms with E-state index in [-0.39, 0.29) is 5.82 Å². The number of benzene rings is 1. The van der Waals surface area contributed by atoms with Gasteiger partial charge in [0, 0.05) is 10.9 Å². The highest BCUT2D eigenvalue weighted by Gasteiger charge is 2.03. The first-order chi connectivity index (χ1) is 7.25. The molecule has 1 nitrogen and oxygen atoms in total. The van der Waals surface area contributed by atoms with Crippen LogP contribution in [0.3, 0.4) is 0 Å². The van der Waals surface area contributed by atoms with E-state index in [1.54, 1.807) is 17.4 Å². The zero-order chi connectivity index (χ0) is 10.7. The van der Waals surface area contributed by atoms with E-state index in [1.165, 1.54) is 12.1 Å². The second kappa shape index (κ2) is 4.77. The molecule has 0 atom stereocenters. The number of thiophene rings is 1. The van der Waals surface area contributed by atoms with Crippen LogP contribution in [0.15, 0.2) is 40.2 Å². The van der Waals surface area contributed by atoms with E-state index in [9.17, 15) is 4.39 Å². The molecule has 0 bridgehead atoms. The van der Waals surface area contributed by atoms with Crippen LogP contribution in [-0.4, -0.2) is 0 Å². The van der Waals surface area contributed by atoms with E-state index >= 15 is 0 Å². The lowest BCUT2D eigenvalue weighted by atomic mass is 10.3. The highest BCUT2D eigenvalue weighted by Crippen LogP contribution is 2.26. The number of rotatable bonds is 3. The van der Waals surface area contributed by atoms with Crippen LogP contribution in [0.1, 0.15) is 4.88 Å². The fourth-order valence-electron chi connectivity index (χ4n) is 1.13. The average molecular weight is 287 g/mol. The van der Waals surface area contributed by atoms with Gasteiger partial charge < -0.3 is 4.74 Å². The minimum Gasteiger partial charge on any atom is -0.487 e. The van der Waals surface area contributed by atoms with E-state index in [4.69, 9.17) is 4.74 Å². The molecule has 1 aromatic carbocycles. The summed E-state index contributed by atoms with van der Waals surface area (Å²) < 4.78 is 19.2. The Morgan fingerprint density at radius 2 is 2.20 bits per heavy atom. The molecule has 0 amide bonds. The number of ether oxygens (including phenoxy) is 1. The Morgan fingerprint density at radius 1 is 1.33 bits per heavy atom. The third kappa shape index (κ3) is 2.79. The van der Waals surface area contributed by atoms with Gasteiger partial charge in [-0.2, -0.15) is 0 Å². The second-order valence-electron chi connectivity index (χ2n) is 2.94. The van der Waals surface area contributed by atoms with Crippen LogP contribution in [-0.2, 0) is 6.61 Å². The number of halogens is 2. The summed E-state index contributed by atoms with van der Waals surface area (Å²) in [5.74, 6) is 0.239. The van der Waals surface area contributed by atoms with Crippen molar-refractivity contribution in [3.63, 3.8) is 0 Å². The van der Waals surface area contributed by atoms with Crippen LogP contribution in [0.2, 0.25) is 0 Å². The molecular formula is C11H8BrFOS. The van der Waals surface area contributed by atoms with Crippen LogP contribution < -0.4 is 4.74 Å². The number of hydrogen-bond donors (Lipinski definition) is 0. The van der Waals surface area contributed by atoms with Gasteiger partial charge in [-0.25, -0.2) is 4.39 Å². The van der Waals surface area contributed by atoms with E-state index in [1.807, 2.05) is 17.5 Å². The summed E-state index contributed by atoms with van der Waals surface area (Å²) in [6.07, 6.45) is 0. The third-order valence-electron chi connectivity index (χ3n) is 1.84. The Morgan fingerprint density at radius 3 is 2.93 bits per heavy atom. The summed E-state index contributed by atoms with van der Waals surface area (Å²) >= 11 is 4.92. The van der Waals surface area contributed by atoms with Crippen molar-refractivity contribution in [2.24, 2.45) is 0 Å². The standard InChI is InChI=1S/C11H8BrFOS/c12-10-4-3-8(13)6-11(10)14-7-9-2-1-5-15-9/h1-6H,7H2. The SMILES string of the molecule is Fc1ccc(Br)c(OCc2cccs2)c1. The fraction of sp³-hybridized carbons (Fsp3) is 0.0909. The summed E-state index contributed by atoms with van der Waals surface area (Å²) in [6, 6.07) is 8.35. The molecule has 0 saturated heterocycles. The molecule has 0 unspecified atom stereocenters. The predicted molar refractivity (Wildman–Crippen MR) is 62.8 cm³/mol. The van der Waals surface area contributed by atoms with Crippen molar-refractivity contribution >= 4 is 27.3 Å². The maximum absolute atomic E-state index is 12.9. The predicted octanol–water partition coefficient (Wildman–Crippen LogP) is 4.23. The third-order valence-corrected chi connectivity index (χ3v) is 3.35. The monoisotopic (exact) mass is 286 g/mol. The maximum Gasteiger partial charge on any atom is 0.136 e. The Kier molecular flexibility index (Phi) is 3.38. The van der Waals surface area contributed by atoms with Gasteiger partial charge in [-0.15, -0.1) is 11.3 Å². The normalized spacial score (nSPS) is 10.3. The van der Waals surface area contributed by atoms with Gasteiger partial charge >= 0.3 is 0 Å². The second-order valence-corrected chi connectivity index (χ2v) is 4.83. The largest absolute Gasteiger partial charge is 0.487 e. The highest BCUT2D eigenvalue weighted by atomic mass is 79.9. The quantitative estimate of drug-likeness (QED) is 0.821. The zero-order valence-electron chi connectivity index (χ0n) is 7.74. The lowest BCUT2D eigenvalue weighted by Gasteiger charge is -2.06. The molecule has 0 radical (unpaired) electrons. The molecule has 0 N–H and O–H groups in total. The van der Waals surface area contributed by atoms with Gasteiger partial charge in [-0.1, -0.05) is 6.07 Å². The maximum atomic E-state index is 12.9. The summed E-state index contributed by atoms with van der Waals surface area (Å²) in [5, 5.41) is 1.99. The molecule has 78 valence electrons. The smallest absolute Gasteiger partial charge is 0.136 e. The van der Waals surface area contributed by atoms with Gasteiger partial charge in [-0.3, -0.25) is 0 Å². The minimum atomic E-state index is -0.292. The van der Waals surface area contributed by atoms with Crippen molar-refractivity contribution < 1.29 is 9.13 Å². The summed E-state index contributed by atoms with van der Waals surface area (Å²) in [4.78, 5) is 1.12. The van der Waals surface area contributed by atoms with Crippen molar-refractivity contribution in [1.29, 1.82) is 0 Å². The average Bonchev–Trinajstić information content (AvgIpc) is 2.72. The van der Waals surface area contributed by atoms with E-state index < -0.39 is 0 Å². The van der Waals surface area contributed by atoms with Gasteiger partial charge in [0.15, 0.2) is 0 Å². The molecule has 15 heavy (non-hydrogen) atoms. The summed E-state index contributed by atoms with van der Waals surface area (Å²) in [5.41, 5.74) is 0. The molecule has 2 rings (SSSR count). The molecule has 1 aromatic heterocycles. The Balaban J connectivity index is 2.07. The van der Waals surface area contributed by atoms with Crippen molar-refractivity contribution in [3.8, 4) is 5.75 Å². The molecule has 1 heterocycles. The lowest BCUT2D eigenvalue weighted by Crippen LogP contribution is -1.94. The van der Waals surface area contributed by atoms with Crippen molar-refractivity contribution in [2.45, 2.75) is 6.61 Å². The molecule has 4 heteroatoms. The Bertz CT molecular complexity index is 442. The zero-order valence-corrected chi connectivity index (χ0v) is 10.1. The van der Waals surface area contributed by atoms with Crippen molar-refractivity contribution in [2.75, 3.05) is 0 Å². The first-order valence-electron chi connectivity index (χ1n) is 4.36. The van der Waals surface area contributed by atoms with Crippen molar-refractivity contribution in [1.82, 2.24) is 0 Å². The van der Waals surface area contributed by atoms with E-state index in [0.29, 0.717) is 12.4 Å². The van der Waals surface area contributed by atoms with E-state index in [0.717, 1.165) is 9.35 Å². The molecular weight excluding hydrogens is 279 g/mol. The molecule has 0 spiro atoms. The first-order valence-corrected chi connectivity index (χ1v) is 6.03. The van der Waals surface area contributed by atoms with Gasteiger partial charge in [-0.05, 0) is 39.5 Å². The van der Waals surface area contributed by atoms with Gasteiger partial charge in [0.25, 0.3) is 0 Å². The van der Waals surface area contributed by atoms with Crippen LogP contribution >= 0.6 is 27.3 Å². The fourth-order valence-corrected chi connectivity index (χ4v) is 2.11. The molecule has 0 aliphatic rings. The van der Waals surface area contributed by atoms with Crippen LogP contribution in [0.5, 0.6) is 5.75 Å². The molecule has 2 aromatic rings. The van der Waals surface area contributed by atoms with Crippen LogP contribution in [0.4, 0.5) is 4.39 Å². The van der Waals surface area contributed by atoms with E-state index in [2.05, 4.69) is 15.9 Å². The topological polar surface area (TPSA) is 9.23 Å². The van der Waals surface area contributed by atoms with Gasteiger partial charge in [0.05, 0.1) is 4.47 Å². The lowest BCUT2D eigenvalue weighted by molar-refractivity contribution is 0.306. The first kappa shape index (κ1) is 10.6. The van der Waals surface area contributed by atoms with Crippen LogP contribution in [0.25, 0.3) is 0 Å². The molecule has 0 aliphatic carbocycles. The van der Waals surface area contributed by atoms with Gasteiger partial charge in [0.2, 0.25) is 0 Å². The molecule has 0 fully saturated rings. The Hall–Kier alpha value is -0.870. The molecule has 0 aliphatic heterocycles. The van der Waals surface area contributed by atoms with Gasteiger partial charge in [0.1, 0.15) is 18.2 Å². The van der Waals surface area contributed by atoms with Crippen LogP contribution in [0, 0.1) is 5.82 Å². The molecule has 0 saturated carbocycles. The summed E-state index contributed by atoms with van der Waals surface area (Å²) in [6.45, 7) is 0.472. The van der Waals surface area contributed by atoms with Crippen molar-refractivity contribution in [3.05, 3.63) is 50.9 Å². The number of hydrogen-bond acceptors (Lipinski definition) is 2.